The zero-order valence-electron chi connectivity index (χ0n) is 12.0. The number of nitrogens with zero attached hydrogens (tertiary/aromatic N) is 2. The number of aryl methyl sites for hydroxylation is 1. The van der Waals surface area contributed by atoms with Crippen molar-refractivity contribution in [1.82, 2.24) is 10.3 Å². The van der Waals surface area contributed by atoms with E-state index in [9.17, 15) is 0 Å². The van der Waals surface area contributed by atoms with Gasteiger partial charge in [-0.2, -0.15) is 0 Å². The van der Waals surface area contributed by atoms with E-state index in [0.717, 1.165) is 19.4 Å². The van der Waals surface area contributed by atoms with Crippen LogP contribution in [-0.2, 0) is 6.42 Å². The molecule has 0 saturated heterocycles. The largest absolute Gasteiger partial charge is 0.348 e. The molecular formula is C14H25N3S. The highest BCUT2D eigenvalue weighted by Crippen LogP contribution is 2.37. The van der Waals surface area contributed by atoms with Gasteiger partial charge in [0.1, 0.15) is 0 Å². The molecule has 0 saturated carbocycles. The summed E-state index contributed by atoms with van der Waals surface area (Å²) in [5.41, 5.74) is 1.34. The summed E-state index contributed by atoms with van der Waals surface area (Å²) in [6.07, 6.45) is 4.84. The fraction of sp³-hybridized carbons (Fsp3) is 0.786. The second-order valence-corrected chi connectivity index (χ2v) is 6.19. The van der Waals surface area contributed by atoms with Crippen molar-refractivity contribution in [2.45, 2.75) is 58.5 Å². The van der Waals surface area contributed by atoms with Crippen molar-refractivity contribution in [3.8, 4) is 0 Å². The van der Waals surface area contributed by atoms with Crippen LogP contribution in [0.15, 0.2) is 0 Å². The first kappa shape index (κ1) is 13.8. The van der Waals surface area contributed by atoms with Gasteiger partial charge in [0.2, 0.25) is 0 Å². The van der Waals surface area contributed by atoms with E-state index in [2.05, 4.69) is 38.0 Å². The molecule has 0 spiro atoms. The number of anilines is 1. The van der Waals surface area contributed by atoms with E-state index in [0.29, 0.717) is 12.1 Å². The SMILES string of the molecule is CCNC1CCCc2nc(N(C)C(C)CC)sc21. The number of hydrogen-bond donors (Lipinski definition) is 1. The van der Waals surface area contributed by atoms with Crippen molar-refractivity contribution in [1.29, 1.82) is 0 Å². The monoisotopic (exact) mass is 267 g/mol. The molecule has 0 radical (unpaired) electrons. The van der Waals surface area contributed by atoms with Crippen LogP contribution in [0.1, 0.15) is 56.6 Å². The third-order valence-corrected chi connectivity index (χ3v) is 5.25. The molecule has 0 aromatic carbocycles. The maximum atomic E-state index is 4.86. The average molecular weight is 267 g/mol. The first-order valence-electron chi connectivity index (χ1n) is 7.13. The number of hydrogen-bond acceptors (Lipinski definition) is 4. The van der Waals surface area contributed by atoms with Crippen molar-refractivity contribution in [2.75, 3.05) is 18.5 Å². The standard InChI is InChI=1S/C14H25N3S/c1-5-10(3)17(4)14-16-12-9-7-8-11(15-6-2)13(12)18-14/h10-11,15H,5-9H2,1-4H3. The fourth-order valence-corrected chi connectivity index (χ4v) is 3.75. The molecule has 1 aliphatic rings. The molecule has 0 fully saturated rings. The Kier molecular flexibility index (Phi) is 4.62. The van der Waals surface area contributed by atoms with Gasteiger partial charge in [0.05, 0.1) is 5.69 Å². The van der Waals surface area contributed by atoms with E-state index in [-0.39, 0.29) is 0 Å². The predicted octanol–water partition coefficient (Wildman–Crippen LogP) is 3.36. The smallest absolute Gasteiger partial charge is 0.185 e. The summed E-state index contributed by atoms with van der Waals surface area (Å²) in [6.45, 7) is 7.72. The van der Waals surface area contributed by atoms with Gasteiger partial charge in [-0.15, -0.1) is 0 Å². The van der Waals surface area contributed by atoms with Gasteiger partial charge in [0.15, 0.2) is 5.13 Å². The van der Waals surface area contributed by atoms with Crippen LogP contribution < -0.4 is 10.2 Å². The Labute approximate surface area is 115 Å². The van der Waals surface area contributed by atoms with Gasteiger partial charge in [-0.1, -0.05) is 25.2 Å². The van der Waals surface area contributed by atoms with Crippen LogP contribution in [0, 0.1) is 0 Å². The minimum absolute atomic E-state index is 0.537. The third-order valence-electron chi connectivity index (χ3n) is 3.94. The molecule has 102 valence electrons. The number of rotatable bonds is 5. The predicted molar refractivity (Wildman–Crippen MR) is 79.6 cm³/mol. The van der Waals surface area contributed by atoms with Gasteiger partial charge in [-0.3, -0.25) is 0 Å². The van der Waals surface area contributed by atoms with Crippen molar-refractivity contribution in [2.24, 2.45) is 0 Å². The van der Waals surface area contributed by atoms with Gasteiger partial charge in [0, 0.05) is 24.0 Å². The lowest BCUT2D eigenvalue weighted by molar-refractivity contribution is 0.476. The lowest BCUT2D eigenvalue weighted by Crippen LogP contribution is -2.27. The van der Waals surface area contributed by atoms with Gasteiger partial charge in [-0.05, 0) is 39.2 Å². The normalized spacial score (nSPS) is 20.6. The van der Waals surface area contributed by atoms with Crippen molar-refractivity contribution >= 4 is 16.5 Å². The number of thiazole rings is 1. The molecule has 1 aliphatic carbocycles. The first-order chi connectivity index (χ1) is 8.67. The van der Waals surface area contributed by atoms with E-state index in [1.54, 1.807) is 0 Å². The molecule has 1 aromatic heterocycles. The second kappa shape index (κ2) is 6.02. The van der Waals surface area contributed by atoms with Gasteiger partial charge < -0.3 is 10.2 Å². The summed E-state index contributed by atoms with van der Waals surface area (Å²) in [6, 6.07) is 1.10. The van der Waals surface area contributed by atoms with Crippen molar-refractivity contribution in [3.05, 3.63) is 10.6 Å². The van der Waals surface area contributed by atoms with E-state index in [4.69, 9.17) is 4.98 Å². The number of nitrogens with one attached hydrogen (secondary N) is 1. The Morgan fingerprint density at radius 3 is 2.94 bits per heavy atom. The molecule has 18 heavy (non-hydrogen) atoms. The summed E-state index contributed by atoms with van der Waals surface area (Å²) in [4.78, 5) is 8.66. The molecule has 4 heteroatoms. The molecule has 2 rings (SSSR count). The van der Waals surface area contributed by atoms with Gasteiger partial charge in [0.25, 0.3) is 0 Å². The quantitative estimate of drug-likeness (QED) is 0.886. The van der Waals surface area contributed by atoms with Crippen LogP contribution in [-0.4, -0.2) is 24.6 Å². The van der Waals surface area contributed by atoms with E-state index in [1.165, 1.54) is 28.5 Å². The summed E-state index contributed by atoms with van der Waals surface area (Å²) in [5, 5.41) is 4.78. The second-order valence-electron chi connectivity index (χ2n) is 5.18. The van der Waals surface area contributed by atoms with Crippen LogP contribution >= 0.6 is 11.3 Å². The topological polar surface area (TPSA) is 28.2 Å². The van der Waals surface area contributed by atoms with Crippen LogP contribution in [0.3, 0.4) is 0 Å². The summed E-state index contributed by atoms with van der Waals surface area (Å²) >= 11 is 1.89. The lowest BCUT2D eigenvalue weighted by Gasteiger charge is -2.22. The summed E-state index contributed by atoms with van der Waals surface area (Å²) in [7, 11) is 2.17. The van der Waals surface area contributed by atoms with Gasteiger partial charge in [-0.25, -0.2) is 4.98 Å². The van der Waals surface area contributed by atoms with Crippen LogP contribution in [0.2, 0.25) is 0 Å². The van der Waals surface area contributed by atoms with Crippen molar-refractivity contribution < 1.29 is 0 Å². The van der Waals surface area contributed by atoms with E-state index in [1.807, 2.05) is 11.3 Å². The van der Waals surface area contributed by atoms with Crippen LogP contribution in [0.25, 0.3) is 0 Å². The molecule has 2 atom stereocenters. The Hall–Kier alpha value is -0.610. The molecule has 1 N–H and O–H groups in total. The zero-order chi connectivity index (χ0) is 13.1. The minimum atomic E-state index is 0.537. The van der Waals surface area contributed by atoms with Crippen LogP contribution in [0.4, 0.5) is 5.13 Å². The molecular weight excluding hydrogens is 242 g/mol. The Morgan fingerprint density at radius 1 is 1.50 bits per heavy atom. The molecule has 1 heterocycles. The zero-order valence-corrected chi connectivity index (χ0v) is 12.8. The molecule has 2 unspecified atom stereocenters. The molecule has 0 aliphatic heterocycles. The highest BCUT2D eigenvalue weighted by Gasteiger charge is 2.25. The fourth-order valence-electron chi connectivity index (χ4n) is 2.46. The van der Waals surface area contributed by atoms with Gasteiger partial charge >= 0.3 is 0 Å². The minimum Gasteiger partial charge on any atom is -0.348 e. The summed E-state index contributed by atoms with van der Waals surface area (Å²) < 4.78 is 0. The molecule has 0 amide bonds. The van der Waals surface area contributed by atoms with Crippen molar-refractivity contribution in [3.63, 3.8) is 0 Å². The van der Waals surface area contributed by atoms with Crippen LogP contribution in [0.5, 0.6) is 0 Å². The number of aromatic nitrogens is 1. The number of fused-ring (bicyclic) bond motifs is 1. The lowest BCUT2D eigenvalue weighted by atomic mass is 9.98. The third kappa shape index (κ3) is 2.69. The maximum absolute atomic E-state index is 4.86. The first-order valence-corrected chi connectivity index (χ1v) is 7.94. The Balaban J connectivity index is 2.21. The average Bonchev–Trinajstić information content (AvgIpc) is 2.82. The maximum Gasteiger partial charge on any atom is 0.185 e. The highest BCUT2D eigenvalue weighted by atomic mass is 32.1. The highest BCUT2D eigenvalue weighted by molar-refractivity contribution is 7.15. The van der Waals surface area contributed by atoms with E-state index >= 15 is 0 Å². The Morgan fingerprint density at radius 2 is 2.28 bits per heavy atom. The molecule has 1 aromatic rings. The summed E-state index contributed by atoms with van der Waals surface area (Å²) in [5.74, 6) is 0. The van der Waals surface area contributed by atoms with E-state index < -0.39 is 0 Å². The Bertz CT molecular complexity index is 388. The molecule has 0 bridgehead atoms. The molecule has 3 nitrogen and oxygen atoms in total.